The fourth-order valence-electron chi connectivity index (χ4n) is 2.37. The summed E-state index contributed by atoms with van der Waals surface area (Å²) in [6.07, 6.45) is 4.18. The first-order valence-electron chi connectivity index (χ1n) is 5.43. The Morgan fingerprint density at radius 1 is 1.31 bits per heavy atom. The van der Waals surface area contributed by atoms with Crippen molar-refractivity contribution in [3.63, 3.8) is 0 Å². The van der Waals surface area contributed by atoms with E-state index < -0.39 is 0 Å². The molecular weight excluding hydrogens is 164 g/mol. The third kappa shape index (κ3) is 2.03. The van der Waals surface area contributed by atoms with Crippen LogP contribution in [0, 0.1) is 5.92 Å². The maximum atomic E-state index is 5.83. The van der Waals surface area contributed by atoms with Crippen LogP contribution in [0.15, 0.2) is 0 Å². The summed E-state index contributed by atoms with van der Waals surface area (Å²) in [5.41, 5.74) is 5.83. The smallest absolute Gasteiger partial charge is 0.0594 e. The van der Waals surface area contributed by atoms with E-state index in [4.69, 9.17) is 10.5 Å². The highest BCUT2D eigenvalue weighted by Gasteiger charge is 2.31. The molecule has 0 aromatic carbocycles. The lowest BCUT2D eigenvalue weighted by atomic mass is 9.79. The number of rotatable bonds is 3. The largest absolute Gasteiger partial charge is 0.379 e. The minimum absolute atomic E-state index is 0.637. The topological polar surface area (TPSA) is 38.5 Å². The highest BCUT2D eigenvalue weighted by Crippen LogP contribution is 2.31. The zero-order chi connectivity index (χ0) is 9.10. The van der Waals surface area contributed by atoms with Gasteiger partial charge in [-0.3, -0.25) is 4.90 Å². The Morgan fingerprint density at radius 3 is 2.46 bits per heavy atom. The van der Waals surface area contributed by atoms with Gasteiger partial charge in [-0.15, -0.1) is 0 Å². The molecule has 0 aromatic rings. The summed E-state index contributed by atoms with van der Waals surface area (Å²) in [6.45, 7) is 4.77. The molecule has 0 bridgehead atoms. The van der Waals surface area contributed by atoms with Crippen molar-refractivity contribution < 1.29 is 4.74 Å². The van der Waals surface area contributed by atoms with Gasteiger partial charge >= 0.3 is 0 Å². The first-order valence-corrected chi connectivity index (χ1v) is 5.43. The predicted octanol–water partition coefficient (Wildman–Crippen LogP) is 0.446. The van der Waals surface area contributed by atoms with Crippen molar-refractivity contribution in [1.29, 1.82) is 0 Å². The molecule has 2 fully saturated rings. The van der Waals surface area contributed by atoms with Gasteiger partial charge in [0.15, 0.2) is 0 Å². The maximum absolute atomic E-state index is 5.83. The van der Waals surface area contributed by atoms with E-state index in [1.54, 1.807) is 0 Å². The Kier molecular flexibility index (Phi) is 3.19. The molecule has 0 spiro atoms. The van der Waals surface area contributed by atoms with Crippen LogP contribution in [0.3, 0.4) is 0 Å². The van der Waals surface area contributed by atoms with Crippen LogP contribution >= 0.6 is 0 Å². The molecule has 1 unspecified atom stereocenters. The fraction of sp³-hybridized carbons (Fsp3) is 1.00. The molecule has 2 N–H and O–H groups in total. The van der Waals surface area contributed by atoms with Gasteiger partial charge in [0.2, 0.25) is 0 Å². The van der Waals surface area contributed by atoms with Gasteiger partial charge in [-0.05, 0) is 18.8 Å². The third-order valence-electron chi connectivity index (χ3n) is 3.45. The van der Waals surface area contributed by atoms with Crippen molar-refractivity contribution in [1.82, 2.24) is 4.90 Å². The van der Waals surface area contributed by atoms with Gasteiger partial charge in [0, 0.05) is 25.7 Å². The minimum Gasteiger partial charge on any atom is -0.379 e. The van der Waals surface area contributed by atoms with E-state index in [2.05, 4.69) is 4.90 Å². The lowest BCUT2D eigenvalue weighted by Crippen LogP contribution is -2.51. The highest BCUT2D eigenvalue weighted by molar-refractivity contribution is 4.86. The average molecular weight is 184 g/mol. The van der Waals surface area contributed by atoms with Gasteiger partial charge in [0.25, 0.3) is 0 Å². The van der Waals surface area contributed by atoms with Crippen LogP contribution in [0.5, 0.6) is 0 Å². The Morgan fingerprint density at radius 2 is 2.00 bits per heavy atom. The van der Waals surface area contributed by atoms with Gasteiger partial charge in [-0.2, -0.15) is 0 Å². The Bertz CT molecular complexity index is 153. The zero-order valence-electron chi connectivity index (χ0n) is 8.24. The zero-order valence-corrected chi connectivity index (χ0v) is 8.24. The van der Waals surface area contributed by atoms with Crippen molar-refractivity contribution in [2.24, 2.45) is 11.7 Å². The van der Waals surface area contributed by atoms with Crippen LogP contribution in [0.25, 0.3) is 0 Å². The third-order valence-corrected chi connectivity index (χ3v) is 3.45. The average Bonchev–Trinajstić information content (AvgIpc) is 2.12. The molecule has 76 valence electrons. The van der Waals surface area contributed by atoms with Gasteiger partial charge in [0.05, 0.1) is 13.2 Å². The number of nitrogens with zero attached hydrogens (tertiary/aromatic N) is 1. The van der Waals surface area contributed by atoms with Crippen molar-refractivity contribution in [3.8, 4) is 0 Å². The Hall–Kier alpha value is -0.120. The predicted molar refractivity (Wildman–Crippen MR) is 52.6 cm³/mol. The number of hydrogen-bond acceptors (Lipinski definition) is 3. The molecule has 0 amide bonds. The lowest BCUT2D eigenvalue weighted by Gasteiger charge is -2.42. The Labute approximate surface area is 80.2 Å². The van der Waals surface area contributed by atoms with Crippen molar-refractivity contribution in [3.05, 3.63) is 0 Å². The molecule has 3 heteroatoms. The van der Waals surface area contributed by atoms with Gasteiger partial charge in [-0.25, -0.2) is 0 Å². The summed E-state index contributed by atoms with van der Waals surface area (Å²) in [5.74, 6) is 0.878. The number of ether oxygens (including phenoxy) is 1. The summed E-state index contributed by atoms with van der Waals surface area (Å²) in [4.78, 5) is 2.52. The first-order chi connectivity index (χ1) is 6.42. The molecule has 0 radical (unpaired) electrons. The molecule has 1 aliphatic carbocycles. The van der Waals surface area contributed by atoms with Crippen LogP contribution in [-0.4, -0.2) is 43.8 Å². The second-order valence-electron chi connectivity index (χ2n) is 4.14. The van der Waals surface area contributed by atoms with Crippen molar-refractivity contribution in [2.75, 3.05) is 32.8 Å². The van der Waals surface area contributed by atoms with Gasteiger partial charge in [0.1, 0.15) is 0 Å². The van der Waals surface area contributed by atoms with E-state index in [-0.39, 0.29) is 0 Å². The molecule has 1 aliphatic heterocycles. The van der Waals surface area contributed by atoms with Crippen LogP contribution < -0.4 is 5.73 Å². The molecule has 1 atom stereocenters. The van der Waals surface area contributed by atoms with Crippen molar-refractivity contribution in [2.45, 2.75) is 25.3 Å². The van der Waals surface area contributed by atoms with Crippen molar-refractivity contribution >= 4 is 0 Å². The molecule has 1 heterocycles. The molecular formula is C10H20N2O. The monoisotopic (exact) mass is 184 g/mol. The lowest BCUT2D eigenvalue weighted by molar-refractivity contribution is -0.00585. The molecule has 1 saturated heterocycles. The molecule has 3 nitrogen and oxygen atoms in total. The first kappa shape index (κ1) is 9.44. The quantitative estimate of drug-likeness (QED) is 0.692. The maximum Gasteiger partial charge on any atom is 0.0594 e. The van der Waals surface area contributed by atoms with E-state index >= 15 is 0 Å². The van der Waals surface area contributed by atoms with Crippen LogP contribution in [0.4, 0.5) is 0 Å². The number of hydrogen-bond donors (Lipinski definition) is 1. The van der Waals surface area contributed by atoms with Gasteiger partial charge in [-0.1, -0.05) is 6.42 Å². The van der Waals surface area contributed by atoms with Crippen LogP contribution in [-0.2, 0) is 4.74 Å². The summed E-state index contributed by atoms with van der Waals surface area (Å²) in [6, 6.07) is 0.637. The summed E-state index contributed by atoms with van der Waals surface area (Å²) in [5, 5.41) is 0. The summed E-state index contributed by atoms with van der Waals surface area (Å²) < 4.78 is 5.34. The van der Waals surface area contributed by atoms with E-state index in [0.717, 1.165) is 38.8 Å². The van der Waals surface area contributed by atoms with Gasteiger partial charge < -0.3 is 10.5 Å². The molecule has 0 aromatic heterocycles. The fourth-order valence-corrected chi connectivity index (χ4v) is 2.37. The van der Waals surface area contributed by atoms with Crippen LogP contribution in [0.2, 0.25) is 0 Å². The minimum atomic E-state index is 0.637. The van der Waals surface area contributed by atoms with Crippen LogP contribution in [0.1, 0.15) is 19.3 Å². The molecule has 2 aliphatic rings. The van der Waals surface area contributed by atoms with E-state index in [1.165, 1.54) is 19.3 Å². The molecule has 13 heavy (non-hydrogen) atoms. The van der Waals surface area contributed by atoms with E-state index in [1.807, 2.05) is 0 Å². The summed E-state index contributed by atoms with van der Waals surface area (Å²) >= 11 is 0. The standard InChI is InChI=1S/C10H20N2O/c11-8-10(9-2-1-3-9)12-4-6-13-7-5-12/h9-10H,1-8,11H2. The SMILES string of the molecule is NCC(C1CCC1)N1CCOCC1. The second-order valence-corrected chi connectivity index (χ2v) is 4.14. The highest BCUT2D eigenvalue weighted by atomic mass is 16.5. The molecule has 1 saturated carbocycles. The number of nitrogens with two attached hydrogens (primary N) is 1. The van der Waals surface area contributed by atoms with E-state index in [9.17, 15) is 0 Å². The Balaban J connectivity index is 1.86. The molecule has 2 rings (SSSR count). The summed E-state index contributed by atoms with van der Waals surface area (Å²) in [7, 11) is 0. The second kappa shape index (κ2) is 4.40. The number of morpholine rings is 1. The van der Waals surface area contributed by atoms with E-state index in [0.29, 0.717) is 6.04 Å². The normalized spacial score (nSPS) is 28.4.